The van der Waals surface area contributed by atoms with Crippen molar-refractivity contribution in [1.29, 1.82) is 0 Å². The van der Waals surface area contributed by atoms with Crippen LogP contribution in [0.4, 0.5) is 37.2 Å². The molecular formula is C16H12F6N4O2S. The number of hydrogen-bond donors (Lipinski definition) is 1. The topological polar surface area (TPSA) is 68.5 Å². The van der Waals surface area contributed by atoms with Crippen molar-refractivity contribution in [3.05, 3.63) is 45.9 Å². The molecule has 0 amide bonds. The van der Waals surface area contributed by atoms with E-state index in [2.05, 4.69) is 20.1 Å². The van der Waals surface area contributed by atoms with Crippen LogP contribution in [0.15, 0.2) is 29.1 Å². The Bertz CT molecular complexity index is 1090. The zero-order valence-electron chi connectivity index (χ0n) is 14.6. The monoisotopic (exact) mass is 438 g/mol. The summed E-state index contributed by atoms with van der Waals surface area (Å²) in [6, 6.07) is 3.79. The van der Waals surface area contributed by atoms with Crippen molar-refractivity contribution in [3.63, 3.8) is 0 Å². The number of aromatic nitrogens is 3. The van der Waals surface area contributed by atoms with E-state index < -0.39 is 35.8 Å². The molecule has 0 radical (unpaired) electrons. The lowest BCUT2D eigenvalue weighted by Crippen LogP contribution is -2.21. The molecule has 0 atom stereocenters. The molecule has 13 heteroatoms. The third kappa shape index (κ3) is 4.96. The Balaban J connectivity index is 1.92. The lowest BCUT2D eigenvalue weighted by molar-refractivity contribution is -0.158. The lowest BCUT2D eigenvalue weighted by atomic mass is 10.1. The van der Waals surface area contributed by atoms with Crippen molar-refractivity contribution in [2.45, 2.75) is 25.7 Å². The Morgan fingerprint density at radius 3 is 2.52 bits per heavy atom. The second kappa shape index (κ2) is 7.54. The zero-order valence-corrected chi connectivity index (χ0v) is 15.4. The van der Waals surface area contributed by atoms with Gasteiger partial charge in [-0.2, -0.15) is 30.9 Å². The summed E-state index contributed by atoms with van der Waals surface area (Å²) in [6.45, 7) is -0.0470. The molecule has 0 unspecified atom stereocenters. The molecule has 156 valence electrons. The third-order valence-electron chi connectivity index (χ3n) is 3.59. The summed E-state index contributed by atoms with van der Waals surface area (Å²) < 4.78 is 81.8. The number of anilines is 2. The Morgan fingerprint density at radius 1 is 1.17 bits per heavy atom. The van der Waals surface area contributed by atoms with E-state index in [1.165, 1.54) is 6.07 Å². The normalized spacial score (nSPS) is 12.4. The van der Waals surface area contributed by atoms with Crippen LogP contribution in [0, 0.1) is 0 Å². The molecule has 29 heavy (non-hydrogen) atoms. The van der Waals surface area contributed by atoms with Crippen LogP contribution in [0.25, 0.3) is 4.96 Å². The molecule has 0 aliphatic heterocycles. The first kappa shape index (κ1) is 20.9. The molecule has 0 aliphatic rings. The summed E-state index contributed by atoms with van der Waals surface area (Å²) in [5, 5.41) is 6.64. The number of halogens is 6. The quantitative estimate of drug-likeness (QED) is 0.598. The first-order chi connectivity index (χ1) is 13.5. The fourth-order valence-electron chi connectivity index (χ4n) is 2.33. The molecule has 1 aromatic carbocycles. The molecule has 0 saturated heterocycles. The minimum Gasteiger partial charge on any atom is -0.483 e. The van der Waals surface area contributed by atoms with E-state index in [0.29, 0.717) is 18.2 Å². The van der Waals surface area contributed by atoms with Crippen LogP contribution in [0.1, 0.15) is 18.2 Å². The summed E-state index contributed by atoms with van der Waals surface area (Å²) in [4.78, 5) is 16.4. The van der Waals surface area contributed by atoms with Gasteiger partial charge in [0.15, 0.2) is 6.61 Å². The van der Waals surface area contributed by atoms with Crippen LogP contribution >= 0.6 is 11.3 Å². The van der Waals surface area contributed by atoms with Crippen LogP contribution in [-0.4, -0.2) is 27.4 Å². The Labute approximate surface area is 162 Å². The van der Waals surface area contributed by atoms with E-state index in [-0.39, 0.29) is 15.8 Å². The molecule has 0 fully saturated rings. The average molecular weight is 438 g/mol. The van der Waals surface area contributed by atoms with Gasteiger partial charge in [-0.15, -0.1) is 5.10 Å². The SMILES string of the molecule is CCc1cc(=O)n2nc(Nc3ccc(OCC(F)(F)F)c(C(F)(F)F)c3)sc2n1. The van der Waals surface area contributed by atoms with Crippen molar-refractivity contribution in [2.24, 2.45) is 0 Å². The van der Waals surface area contributed by atoms with E-state index in [1.807, 2.05) is 0 Å². The number of alkyl halides is 6. The maximum atomic E-state index is 13.2. The van der Waals surface area contributed by atoms with E-state index in [4.69, 9.17) is 0 Å². The second-order valence-electron chi connectivity index (χ2n) is 5.78. The minimum atomic E-state index is -4.94. The van der Waals surface area contributed by atoms with Gasteiger partial charge in [-0.1, -0.05) is 18.3 Å². The van der Waals surface area contributed by atoms with Gasteiger partial charge in [0.2, 0.25) is 10.1 Å². The number of rotatable bonds is 5. The number of ether oxygens (including phenoxy) is 1. The Hall–Kier alpha value is -2.83. The van der Waals surface area contributed by atoms with E-state index in [0.717, 1.165) is 28.0 Å². The predicted molar refractivity (Wildman–Crippen MR) is 92.8 cm³/mol. The molecule has 2 heterocycles. The van der Waals surface area contributed by atoms with Crippen LogP contribution in [-0.2, 0) is 12.6 Å². The fraction of sp³-hybridized carbons (Fsp3) is 0.312. The highest BCUT2D eigenvalue weighted by atomic mass is 32.1. The molecule has 0 spiro atoms. The molecular weight excluding hydrogens is 426 g/mol. The molecule has 6 nitrogen and oxygen atoms in total. The highest BCUT2D eigenvalue weighted by Gasteiger charge is 2.36. The van der Waals surface area contributed by atoms with Crippen LogP contribution in [0.2, 0.25) is 0 Å². The van der Waals surface area contributed by atoms with E-state index >= 15 is 0 Å². The predicted octanol–water partition coefficient (Wildman–Crippen LogP) is 4.42. The molecule has 1 N–H and O–H groups in total. The van der Waals surface area contributed by atoms with Gasteiger partial charge in [-0.3, -0.25) is 4.79 Å². The van der Waals surface area contributed by atoms with E-state index in [1.54, 1.807) is 6.92 Å². The number of benzene rings is 1. The number of nitrogens with one attached hydrogen (secondary N) is 1. The van der Waals surface area contributed by atoms with Crippen LogP contribution in [0.3, 0.4) is 0 Å². The summed E-state index contributed by atoms with van der Waals surface area (Å²) in [7, 11) is 0. The maximum Gasteiger partial charge on any atom is 0.422 e. The highest BCUT2D eigenvalue weighted by Crippen LogP contribution is 2.39. The maximum absolute atomic E-state index is 13.2. The van der Waals surface area contributed by atoms with Crippen LogP contribution in [0.5, 0.6) is 5.75 Å². The summed E-state index contributed by atoms with van der Waals surface area (Å²) in [5.41, 5.74) is -1.38. The third-order valence-corrected chi connectivity index (χ3v) is 4.41. The lowest BCUT2D eigenvalue weighted by Gasteiger charge is -2.16. The Morgan fingerprint density at radius 2 is 1.90 bits per heavy atom. The first-order valence-electron chi connectivity index (χ1n) is 8.04. The molecule has 3 rings (SSSR count). The Kier molecular flexibility index (Phi) is 5.43. The number of fused-ring (bicyclic) bond motifs is 1. The summed E-state index contributed by atoms with van der Waals surface area (Å²) in [5.74, 6) is -0.949. The zero-order chi connectivity index (χ0) is 21.4. The van der Waals surface area contributed by atoms with E-state index in [9.17, 15) is 31.1 Å². The largest absolute Gasteiger partial charge is 0.483 e. The minimum absolute atomic E-state index is 0.0833. The van der Waals surface area contributed by atoms with Crippen molar-refractivity contribution < 1.29 is 31.1 Å². The van der Waals surface area contributed by atoms with Gasteiger partial charge >= 0.3 is 12.4 Å². The first-order valence-corrected chi connectivity index (χ1v) is 8.85. The number of aryl methyl sites for hydroxylation is 1. The molecule has 0 bridgehead atoms. The summed E-state index contributed by atoms with van der Waals surface area (Å²) >= 11 is 0.935. The van der Waals surface area contributed by atoms with Crippen molar-refractivity contribution in [3.8, 4) is 5.75 Å². The standard InChI is InChI=1S/C16H12F6N4O2S/c1-2-8-6-12(27)26-14(24-8)29-13(25-26)23-9-3-4-11(28-7-15(17,18)19)10(5-9)16(20,21)22/h3-6H,2,7H2,1H3,(H,23,25). The molecule has 0 saturated carbocycles. The van der Waals surface area contributed by atoms with Gasteiger partial charge < -0.3 is 10.1 Å². The molecule has 0 aliphatic carbocycles. The summed E-state index contributed by atoms with van der Waals surface area (Å²) in [6.07, 6.45) is -9.21. The van der Waals surface area contributed by atoms with Gasteiger partial charge in [0.25, 0.3) is 5.56 Å². The molecule has 3 aromatic rings. The smallest absolute Gasteiger partial charge is 0.422 e. The van der Waals surface area contributed by atoms with Gasteiger partial charge in [-0.25, -0.2) is 4.98 Å². The van der Waals surface area contributed by atoms with Crippen molar-refractivity contribution in [1.82, 2.24) is 14.6 Å². The second-order valence-corrected chi connectivity index (χ2v) is 6.73. The van der Waals surface area contributed by atoms with Gasteiger partial charge in [0.05, 0.1) is 5.56 Å². The van der Waals surface area contributed by atoms with Crippen molar-refractivity contribution in [2.75, 3.05) is 11.9 Å². The fourth-order valence-corrected chi connectivity index (χ4v) is 3.17. The van der Waals surface area contributed by atoms with Crippen molar-refractivity contribution >= 4 is 27.1 Å². The van der Waals surface area contributed by atoms with Gasteiger partial charge in [-0.05, 0) is 24.6 Å². The highest BCUT2D eigenvalue weighted by molar-refractivity contribution is 7.20. The number of hydrogen-bond acceptors (Lipinski definition) is 6. The average Bonchev–Trinajstić information content (AvgIpc) is 3.02. The molecule has 2 aromatic heterocycles. The number of nitrogens with zero attached hydrogens (tertiary/aromatic N) is 3. The van der Waals surface area contributed by atoms with Gasteiger partial charge in [0, 0.05) is 17.4 Å². The van der Waals surface area contributed by atoms with Gasteiger partial charge in [0.1, 0.15) is 5.75 Å². The van der Waals surface area contributed by atoms with Crippen LogP contribution < -0.4 is 15.6 Å².